The van der Waals surface area contributed by atoms with Crippen LogP contribution >= 0.6 is 31.9 Å². The van der Waals surface area contributed by atoms with Crippen LogP contribution in [0.25, 0.3) is 0 Å². The van der Waals surface area contributed by atoms with E-state index in [4.69, 9.17) is 4.42 Å². The van der Waals surface area contributed by atoms with Gasteiger partial charge in [-0.05, 0) is 47.1 Å². The Morgan fingerprint density at radius 2 is 2.05 bits per heavy atom. The van der Waals surface area contributed by atoms with Crippen molar-refractivity contribution in [3.63, 3.8) is 0 Å². The number of benzene rings is 1. The fourth-order valence-electron chi connectivity index (χ4n) is 1.64. The van der Waals surface area contributed by atoms with Crippen LogP contribution in [-0.4, -0.2) is 4.92 Å². The van der Waals surface area contributed by atoms with E-state index in [2.05, 4.69) is 37.2 Å². The quantitative estimate of drug-likeness (QED) is 0.597. The lowest BCUT2D eigenvalue weighted by molar-refractivity contribution is -0.384. The van der Waals surface area contributed by atoms with E-state index in [0.717, 1.165) is 0 Å². The van der Waals surface area contributed by atoms with Crippen LogP contribution in [0.3, 0.4) is 0 Å². The maximum absolute atomic E-state index is 11.0. The predicted octanol–water partition coefficient (Wildman–Crippen LogP) is 4.89. The van der Waals surface area contributed by atoms with E-state index in [1.54, 1.807) is 18.2 Å². The minimum Gasteiger partial charge on any atom is -0.452 e. The van der Waals surface area contributed by atoms with Crippen molar-refractivity contribution < 1.29 is 9.34 Å². The van der Waals surface area contributed by atoms with Crippen molar-refractivity contribution in [1.29, 1.82) is 0 Å². The molecule has 1 atom stereocenters. The molecule has 100 valence electrons. The smallest absolute Gasteiger partial charge is 0.293 e. The molecule has 2 rings (SSSR count). The van der Waals surface area contributed by atoms with Gasteiger partial charge < -0.3 is 9.73 Å². The third-order valence-electron chi connectivity index (χ3n) is 2.55. The first kappa shape index (κ1) is 14.1. The molecule has 5 nitrogen and oxygen atoms in total. The van der Waals surface area contributed by atoms with Gasteiger partial charge in [-0.25, -0.2) is 0 Å². The average Bonchev–Trinajstić information content (AvgIpc) is 2.78. The van der Waals surface area contributed by atoms with Gasteiger partial charge >= 0.3 is 0 Å². The number of furan rings is 1. The Morgan fingerprint density at radius 1 is 1.32 bits per heavy atom. The molecular formula is C12H10Br2N2O3. The zero-order valence-corrected chi connectivity index (χ0v) is 13.1. The predicted molar refractivity (Wildman–Crippen MR) is 79.2 cm³/mol. The molecule has 1 unspecified atom stereocenters. The molecule has 1 heterocycles. The van der Waals surface area contributed by atoms with E-state index in [9.17, 15) is 10.1 Å². The Morgan fingerprint density at radius 3 is 2.63 bits per heavy atom. The van der Waals surface area contributed by atoms with E-state index in [0.29, 0.717) is 20.6 Å². The molecule has 0 aliphatic rings. The van der Waals surface area contributed by atoms with Gasteiger partial charge in [0.05, 0.1) is 11.0 Å². The van der Waals surface area contributed by atoms with E-state index >= 15 is 0 Å². The summed E-state index contributed by atoms with van der Waals surface area (Å²) in [5.41, 5.74) is 0.472. The molecular weight excluding hydrogens is 380 g/mol. The highest BCUT2D eigenvalue weighted by molar-refractivity contribution is 9.10. The molecule has 1 aromatic carbocycles. The summed E-state index contributed by atoms with van der Waals surface area (Å²) < 4.78 is 6.71. The summed E-state index contributed by atoms with van der Waals surface area (Å²) in [6.45, 7) is 1.87. The Bertz CT molecular complexity index is 613. The van der Waals surface area contributed by atoms with E-state index in [1.807, 2.05) is 13.0 Å². The Kier molecular flexibility index (Phi) is 4.26. The number of hydrogen-bond donors (Lipinski definition) is 1. The van der Waals surface area contributed by atoms with E-state index in [-0.39, 0.29) is 11.7 Å². The normalized spacial score (nSPS) is 12.2. The minimum atomic E-state index is -0.419. The van der Waals surface area contributed by atoms with Crippen LogP contribution in [0.2, 0.25) is 0 Å². The van der Waals surface area contributed by atoms with Crippen molar-refractivity contribution in [1.82, 2.24) is 0 Å². The lowest BCUT2D eigenvalue weighted by atomic mass is 10.2. The minimum absolute atomic E-state index is 0.0202. The molecule has 1 N–H and O–H groups in total. The number of nitro groups is 1. The maximum Gasteiger partial charge on any atom is 0.293 e. The molecule has 7 heteroatoms. The van der Waals surface area contributed by atoms with Crippen molar-refractivity contribution in [3.8, 4) is 0 Å². The number of nitrogens with zero attached hydrogens (tertiary/aromatic N) is 1. The highest BCUT2D eigenvalue weighted by atomic mass is 79.9. The first-order chi connectivity index (χ1) is 8.97. The molecule has 0 spiro atoms. The molecule has 0 aliphatic carbocycles. The molecule has 0 radical (unpaired) electrons. The monoisotopic (exact) mass is 388 g/mol. The van der Waals surface area contributed by atoms with Gasteiger partial charge in [-0.3, -0.25) is 10.1 Å². The third-order valence-corrected chi connectivity index (χ3v) is 3.47. The van der Waals surface area contributed by atoms with Gasteiger partial charge in [0.25, 0.3) is 5.69 Å². The van der Waals surface area contributed by atoms with Crippen LogP contribution in [0.4, 0.5) is 11.4 Å². The van der Waals surface area contributed by atoms with Gasteiger partial charge in [0, 0.05) is 10.5 Å². The molecule has 2 aromatic rings. The van der Waals surface area contributed by atoms with Crippen molar-refractivity contribution in [3.05, 3.63) is 55.3 Å². The summed E-state index contributed by atoms with van der Waals surface area (Å²) in [5.74, 6) is 0.698. The lowest BCUT2D eigenvalue weighted by Crippen LogP contribution is -2.07. The highest BCUT2D eigenvalue weighted by Crippen LogP contribution is 2.31. The molecule has 1 aromatic heterocycles. The van der Waals surface area contributed by atoms with E-state index in [1.165, 1.54) is 6.07 Å². The van der Waals surface area contributed by atoms with Crippen LogP contribution in [0.1, 0.15) is 18.7 Å². The molecule has 19 heavy (non-hydrogen) atoms. The van der Waals surface area contributed by atoms with Crippen molar-refractivity contribution in [2.75, 3.05) is 5.32 Å². The molecule has 0 saturated carbocycles. The highest BCUT2D eigenvalue weighted by Gasteiger charge is 2.17. The van der Waals surface area contributed by atoms with Crippen molar-refractivity contribution in [2.45, 2.75) is 13.0 Å². The zero-order chi connectivity index (χ0) is 14.0. The topological polar surface area (TPSA) is 68.3 Å². The zero-order valence-electron chi connectivity index (χ0n) is 9.89. The average molecular weight is 390 g/mol. The number of anilines is 1. The standard InChI is InChI=1S/C12H10Br2N2O3/c1-7(11-4-5-12(14)19-11)15-9-3-2-8(13)6-10(9)16(17)18/h2-7,15H,1H3. The summed E-state index contributed by atoms with van der Waals surface area (Å²) >= 11 is 6.45. The van der Waals surface area contributed by atoms with Crippen molar-refractivity contribution in [2.24, 2.45) is 0 Å². The number of nitro benzene ring substituents is 1. The van der Waals surface area contributed by atoms with Gasteiger partial charge in [0.15, 0.2) is 4.67 Å². The summed E-state index contributed by atoms with van der Waals surface area (Å²) in [5, 5.41) is 14.1. The third kappa shape index (κ3) is 3.36. The van der Waals surface area contributed by atoms with Gasteiger partial charge in [0.2, 0.25) is 0 Å². The fourth-order valence-corrected chi connectivity index (χ4v) is 2.31. The van der Waals surface area contributed by atoms with Gasteiger partial charge in [-0.2, -0.15) is 0 Å². The van der Waals surface area contributed by atoms with Crippen LogP contribution < -0.4 is 5.32 Å². The number of halogens is 2. The Hall–Kier alpha value is -1.34. The molecule has 0 bridgehead atoms. The van der Waals surface area contributed by atoms with Crippen LogP contribution in [0.5, 0.6) is 0 Å². The number of hydrogen-bond acceptors (Lipinski definition) is 4. The van der Waals surface area contributed by atoms with Crippen LogP contribution in [0, 0.1) is 10.1 Å². The van der Waals surface area contributed by atoms with Gasteiger partial charge in [0.1, 0.15) is 11.4 Å². The summed E-state index contributed by atoms with van der Waals surface area (Å²) in [4.78, 5) is 10.6. The maximum atomic E-state index is 11.0. The summed E-state index contributed by atoms with van der Waals surface area (Å²) in [6, 6.07) is 8.30. The Balaban J connectivity index is 2.26. The lowest BCUT2D eigenvalue weighted by Gasteiger charge is -2.13. The first-order valence-electron chi connectivity index (χ1n) is 5.43. The number of nitrogens with one attached hydrogen (secondary N) is 1. The second-order valence-corrected chi connectivity index (χ2v) is 5.62. The Labute approximate surface area is 126 Å². The second-order valence-electron chi connectivity index (χ2n) is 3.93. The van der Waals surface area contributed by atoms with Crippen LogP contribution in [-0.2, 0) is 0 Å². The SMILES string of the molecule is CC(Nc1ccc(Br)cc1[N+](=O)[O-])c1ccc(Br)o1. The molecule has 0 amide bonds. The fraction of sp³-hybridized carbons (Fsp3) is 0.167. The van der Waals surface area contributed by atoms with Crippen LogP contribution in [0.15, 0.2) is 43.9 Å². The van der Waals surface area contributed by atoms with E-state index < -0.39 is 4.92 Å². The summed E-state index contributed by atoms with van der Waals surface area (Å²) in [7, 11) is 0. The second kappa shape index (κ2) is 5.75. The molecule has 0 saturated heterocycles. The summed E-state index contributed by atoms with van der Waals surface area (Å²) in [6.07, 6.45) is 0. The largest absolute Gasteiger partial charge is 0.452 e. The molecule has 0 aliphatic heterocycles. The first-order valence-corrected chi connectivity index (χ1v) is 7.01. The van der Waals surface area contributed by atoms with Crippen molar-refractivity contribution >= 4 is 43.2 Å². The molecule has 0 fully saturated rings. The van der Waals surface area contributed by atoms with Gasteiger partial charge in [-0.15, -0.1) is 0 Å². The van der Waals surface area contributed by atoms with Gasteiger partial charge in [-0.1, -0.05) is 15.9 Å². The number of rotatable bonds is 4.